The molecule has 4 aromatic carbocycles. The number of nitrogens with zero attached hydrogens (tertiary/aromatic N) is 1. The molecule has 0 aliphatic carbocycles. The Kier molecular flexibility index (Phi) is 13.1. The van der Waals surface area contributed by atoms with Gasteiger partial charge in [-0.2, -0.15) is 0 Å². The first-order valence-corrected chi connectivity index (χ1v) is 18.3. The molecule has 0 bridgehead atoms. The molecule has 2 fully saturated rings. The summed E-state index contributed by atoms with van der Waals surface area (Å²) in [6, 6.07) is 31.4. The molecule has 0 saturated carbocycles. The monoisotopic (exact) mass is 706 g/mol. The highest BCUT2D eigenvalue weighted by molar-refractivity contribution is 5.93. The fraction of sp³-hybridized carbons (Fsp3) is 0.381. The van der Waals surface area contributed by atoms with E-state index < -0.39 is 6.29 Å². The van der Waals surface area contributed by atoms with Gasteiger partial charge in [-0.25, -0.2) is 0 Å². The van der Waals surface area contributed by atoms with Crippen LogP contribution in [0.25, 0.3) is 11.1 Å². The van der Waals surface area contributed by atoms with Crippen LogP contribution >= 0.6 is 0 Å². The smallest absolute Gasteiger partial charge is 0.224 e. The highest BCUT2D eigenvalue weighted by Crippen LogP contribution is 2.39. The molecular weight excluding hydrogens is 656 g/mol. The van der Waals surface area contributed by atoms with E-state index in [2.05, 4.69) is 33.7 Å². The second-order valence-corrected chi connectivity index (χ2v) is 13.7. The number of para-hydroxylation sites is 2. The van der Waals surface area contributed by atoms with Crippen LogP contribution in [0.3, 0.4) is 0 Å². The molecule has 10 nitrogen and oxygen atoms in total. The summed E-state index contributed by atoms with van der Waals surface area (Å²) in [6.45, 7) is 2.21. The quantitative estimate of drug-likeness (QED) is 0.0721. The minimum atomic E-state index is -0.567. The number of carbonyl (C=O) groups excluding carboxylic acids is 2. The van der Waals surface area contributed by atoms with Crippen LogP contribution in [0.5, 0.6) is 0 Å². The fourth-order valence-electron chi connectivity index (χ4n) is 7.09. The minimum Gasteiger partial charge on any atom is -0.397 e. The van der Waals surface area contributed by atoms with Gasteiger partial charge in [0.25, 0.3) is 0 Å². The van der Waals surface area contributed by atoms with Crippen LogP contribution in [0.4, 0.5) is 11.4 Å². The number of rotatable bonds is 15. The number of anilines is 2. The number of hydrogen-bond acceptors (Lipinski definition) is 8. The van der Waals surface area contributed by atoms with E-state index in [0.717, 1.165) is 59.3 Å². The lowest BCUT2D eigenvalue weighted by molar-refractivity contribution is -0.253. The predicted molar refractivity (Wildman–Crippen MR) is 202 cm³/mol. The summed E-state index contributed by atoms with van der Waals surface area (Å²) in [6.07, 6.45) is 3.80. The van der Waals surface area contributed by atoms with Crippen molar-refractivity contribution in [3.05, 3.63) is 119 Å². The third-order valence-corrected chi connectivity index (χ3v) is 10.0. The summed E-state index contributed by atoms with van der Waals surface area (Å²) >= 11 is 0. The van der Waals surface area contributed by atoms with Gasteiger partial charge in [0.2, 0.25) is 11.8 Å². The first-order valence-electron chi connectivity index (χ1n) is 18.3. The Morgan fingerprint density at radius 3 is 2.29 bits per heavy atom. The maximum absolute atomic E-state index is 12.7. The van der Waals surface area contributed by atoms with Crippen LogP contribution in [0.15, 0.2) is 97.1 Å². The number of hydrogen-bond donors (Lipinski definition) is 5. The standard InChI is InChI=1S/C42H50N4O6/c43-37-11-3-4-12-38(37)45-41(50)14-6-5-13-40(49)44-25-33-8-1-2-10-36(33)30-19-21-32(22-20-30)42-51-35(26-46-23-7-9-34(46)28-48)24-39(52-42)31-17-15-29(27-47)16-18-31/h1-4,8,10-12,15-22,34-35,39,42,47-48H,5-7,9,13-14,23-28,43H2,(H,44,49)(H,45,50)/t34-,35+,39-,42-/m0/s1. The van der Waals surface area contributed by atoms with Crippen molar-refractivity contribution in [3.8, 4) is 11.1 Å². The third-order valence-electron chi connectivity index (χ3n) is 10.0. The second-order valence-electron chi connectivity index (χ2n) is 13.7. The lowest BCUT2D eigenvalue weighted by Gasteiger charge is -2.38. The molecule has 0 aromatic heterocycles. The van der Waals surface area contributed by atoms with E-state index in [-0.39, 0.29) is 43.3 Å². The van der Waals surface area contributed by atoms with Crippen LogP contribution < -0.4 is 16.4 Å². The average Bonchev–Trinajstić information content (AvgIpc) is 3.63. The number of nitrogen functional groups attached to an aromatic ring is 1. The molecule has 0 unspecified atom stereocenters. The molecule has 2 aliphatic rings. The molecule has 4 aromatic rings. The summed E-state index contributed by atoms with van der Waals surface area (Å²) in [7, 11) is 0. The SMILES string of the molecule is Nc1ccccc1NC(=O)CCCCC(=O)NCc1ccccc1-c1ccc([C@H]2O[C@@H](CN3CCC[C@H]3CO)C[C@@H](c3ccc(CO)cc3)O2)cc1. The molecule has 6 rings (SSSR count). The number of benzene rings is 4. The summed E-state index contributed by atoms with van der Waals surface area (Å²) in [5.74, 6) is -0.176. The number of nitrogens with two attached hydrogens (primary N) is 1. The summed E-state index contributed by atoms with van der Waals surface area (Å²) in [5, 5.41) is 25.3. The Labute approximate surface area is 305 Å². The number of carbonyl (C=O) groups is 2. The van der Waals surface area contributed by atoms with Gasteiger partial charge >= 0.3 is 0 Å². The normalized spacial score (nSPS) is 20.4. The fourth-order valence-corrected chi connectivity index (χ4v) is 7.09. The first-order chi connectivity index (χ1) is 25.4. The molecule has 10 heteroatoms. The van der Waals surface area contributed by atoms with Crippen LogP contribution in [-0.4, -0.2) is 58.8 Å². The summed E-state index contributed by atoms with van der Waals surface area (Å²) in [5.41, 5.74) is 12.9. The Bertz CT molecular complexity index is 1770. The molecular formula is C42H50N4O6. The molecule has 2 amide bonds. The van der Waals surface area contributed by atoms with Crippen molar-refractivity contribution in [2.75, 3.05) is 30.7 Å². The lowest BCUT2D eigenvalue weighted by Crippen LogP contribution is -2.42. The van der Waals surface area contributed by atoms with E-state index in [1.54, 1.807) is 12.1 Å². The minimum absolute atomic E-state index is 0.00644. The number of unbranched alkanes of at least 4 members (excludes halogenated alkanes) is 1. The molecule has 0 spiro atoms. The Hall–Kier alpha value is -4.58. The Morgan fingerprint density at radius 2 is 1.54 bits per heavy atom. The Balaban J connectivity index is 1.05. The largest absolute Gasteiger partial charge is 0.397 e. The van der Waals surface area contributed by atoms with E-state index >= 15 is 0 Å². The predicted octanol–water partition coefficient (Wildman–Crippen LogP) is 6.25. The average molecular weight is 707 g/mol. The van der Waals surface area contributed by atoms with Gasteiger partial charge in [-0.1, -0.05) is 84.9 Å². The van der Waals surface area contributed by atoms with Crippen LogP contribution in [0, 0.1) is 0 Å². The molecule has 6 N–H and O–H groups in total. The molecule has 2 heterocycles. The number of amides is 2. The molecule has 0 radical (unpaired) electrons. The van der Waals surface area contributed by atoms with Gasteiger partial charge in [0.05, 0.1) is 36.8 Å². The topological polar surface area (TPSA) is 146 Å². The summed E-state index contributed by atoms with van der Waals surface area (Å²) in [4.78, 5) is 27.3. The van der Waals surface area contributed by atoms with Gasteiger partial charge < -0.3 is 36.1 Å². The van der Waals surface area contributed by atoms with Crippen molar-refractivity contribution in [2.24, 2.45) is 0 Å². The van der Waals surface area contributed by atoms with Crippen molar-refractivity contribution < 1.29 is 29.3 Å². The van der Waals surface area contributed by atoms with E-state index in [0.29, 0.717) is 50.0 Å². The number of likely N-dealkylation sites (tertiary alicyclic amines) is 1. The first kappa shape index (κ1) is 37.2. The van der Waals surface area contributed by atoms with Crippen LogP contribution in [0.1, 0.15) is 79.6 Å². The van der Waals surface area contributed by atoms with Gasteiger partial charge in [-0.15, -0.1) is 0 Å². The highest BCUT2D eigenvalue weighted by atomic mass is 16.7. The number of aliphatic hydroxyl groups excluding tert-OH is 2. The molecule has 4 atom stereocenters. The van der Waals surface area contributed by atoms with E-state index in [9.17, 15) is 19.8 Å². The van der Waals surface area contributed by atoms with E-state index in [4.69, 9.17) is 15.2 Å². The van der Waals surface area contributed by atoms with E-state index in [1.807, 2.05) is 66.7 Å². The number of nitrogens with one attached hydrogen (secondary N) is 2. The van der Waals surface area contributed by atoms with Gasteiger partial charge in [-0.05, 0) is 72.2 Å². The van der Waals surface area contributed by atoms with Gasteiger partial charge in [0, 0.05) is 44.0 Å². The van der Waals surface area contributed by atoms with Crippen molar-refractivity contribution in [3.63, 3.8) is 0 Å². The number of aliphatic hydroxyl groups is 2. The van der Waals surface area contributed by atoms with Crippen molar-refractivity contribution in [1.82, 2.24) is 10.2 Å². The highest BCUT2D eigenvalue weighted by Gasteiger charge is 2.35. The zero-order valence-corrected chi connectivity index (χ0v) is 29.6. The maximum Gasteiger partial charge on any atom is 0.224 e. The maximum atomic E-state index is 12.7. The van der Waals surface area contributed by atoms with Crippen molar-refractivity contribution in [2.45, 2.75) is 82.6 Å². The van der Waals surface area contributed by atoms with Crippen molar-refractivity contribution >= 4 is 23.2 Å². The van der Waals surface area contributed by atoms with Gasteiger partial charge in [0.15, 0.2) is 6.29 Å². The molecule has 274 valence electrons. The third kappa shape index (κ3) is 9.84. The second kappa shape index (κ2) is 18.3. The molecule has 2 aliphatic heterocycles. The van der Waals surface area contributed by atoms with Gasteiger partial charge in [0.1, 0.15) is 0 Å². The zero-order valence-electron chi connectivity index (χ0n) is 29.6. The zero-order chi connectivity index (χ0) is 36.3. The van der Waals surface area contributed by atoms with Crippen LogP contribution in [0.2, 0.25) is 0 Å². The van der Waals surface area contributed by atoms with Crippen molar-refractivity contribution in [1.29, 1.82) is 0 Å². The van der Waals surface area contributed by atoms with Gasteiger partial charge in [-0.3, -0.25) is 14.5 Å². The van der Waals surface area contributed by atoms with E-state index in [1.165, 1.54) is 0 Å². The number of ether oxygens (including phenoxy) is 2. The summed E-state index contributed by atoms with van der Waals surface area (Å²) < 4.78 is 13.2. The molecule has 52 heavy (non-hydrogen) atoms. The lowest BCUT2D eigenvalue weighted by atomic mass is 9.97. The Morgan fingerprint density at radius 1 is 0.827 bits per heavy atom. The molecule has 2 saturated heterocycles. The van der Waals surface area contributed by atoms with Crippen LogP contribution in [-0.2, 0) is 32.2 Å².